The van der Waals surface area contributed by atoms with E-state index in [4.69, 9.17) is 5.73 Å². The SMILES string of the molecule is CC(NC(=O)c1cc(N)ncc1[N+](=O)[O-])c1ccsc1. The number of nitrogens with one attached hydrogen (secondary N) is 1. The van der Waals surface area contributed by atoms with Crippen molar-refractivity contribution in [2.75, 3.05) is 5.73 Å². The van der Waals surface area contributed by atoms with E-state index in [1.165, 1.54) is 17.4 Å². The van der Waals surface area contributed by atoms with Crippen LogP contribution in [0.5, 0.6) is 0 Å². The van der Waals surface area contributed by atoms with E-state index in [1.807, 2.05) is 16.8 Å². The van der Waals surface area contributed by atoms with Crippen LogP contribution in [0.3, 0.4) is 0 Å². The van der Waals surface area contributed by atoms with Gasteiger partial charge >= 0.3 is 0 Å². The lowest BCUT2D eigenvalue weighted by atomic mass is 10.1. The van der Waals surface area contributed by atoms with E-state index in [2.05, 4.69) is 10.3 Å². The third-order valence-corrected chi connectivity index (χ3v) is 3.44. The number of aromatic nitrogens is 1. The summed E-state index contributed by atoms with van der Waals surface area (Å²) in [5, 5.41) is 17.4. The van der Waals surface area contributed by atoms with Crippen molar-refractivity contribution in [2.45, 2.75) is 13.0 Å². The van der Waals surface area contributed by atoms with Gasteiger partial charge < -0.3 is 11.1 Å². The summed E-state index contributed by atoms with van der Waals surface area (Å²) in [5.41, 5.74) is 5.96. The molecule has 2 heterocycles. The van der Waals surface area contributed by atoms with Crippen LogP contribution in [0.4, 0.5) is 11.5 Å². The quantitative estimate of drug-likeness (QED) is 0.662. The number of hydrogen-bond donors (Lipinski definition) is 2. The number of amides is 1. The van der Waals surface area contributed by atoms with E-state index >= 15 is 0 Å². The van der Waals surface area contributed by atoms with Crippen molar-refractivity contribution >= 4 is 28.7 Å². The minimum Gasteiger partial charge on any atom is -0.384 e. The van der Waals surface area contributed by atoms with Crippen LogP contribution in [0, 0.1) is 10.1 Å². The molecule has 2 aromatic heterocycles. The van der Waals surface area contributed by atoms with Crippen LogP contribution in [0.2, 0.25) is 0 Å². The van der Waals surface area contributed by atoms with Crippen LogP contribution in [-0.2, 0) is 0 Å². The van der Waals surface area contributed by atoms with Crippen molar-refractivity contribution in [1.82, 2.24) is 10.3 Å². The van der Waals surface area contributed by atoms with Crippen molar-refractivity contribution in [3.63, 3.8) is 0 Å². The largest absolute Gasteiger partial charge is 0.384 e. The first-order valence-electron chi connectivity index (χ1n) is 5.72. The van der Waals surface area contributed by atoms with Gasteiger partial charge in [0.1, 0.15) is 17.6 Å². The number of nitrogens with two attached hydrogens (primary N) is 1. The van der Waals surface area contributed by atoms with E-state index in [0.717, 1.165) is 11.8 Å². The number of hydrogen-bond acceptors (Lipinski definition) is 6. The van der Waals surface area contributed by atoms with Gasteiger partial charge in [-0.25, -0.2) is 4.98 Å². The molecule has 7 nitrogen and oxygen atoms in total. The Kier molecular flexibility index (Phi) is 3.94. The highest BCUT2D eigenvalue weighted by molar-refractivity contribution is 7.07. The number of nitrogen functional groups attached to an aromatic ring is 1. The summed E-state index contributed by atoms with van der Waals surface area (Å²) in [4.78, 5) is 26.0. The zero-order chi connectivity index (χ0) is 14.7. The maximum absolute atomic E-state index is 12.1. The van der Waals surface area contributed by atoms with E-state index < -0.39 is 10.8 Å². The Morgan fingerprint density at radius 1 is 1.60 bits per heavy atom. The molecule has 0 aromatic carbocycles. The van der Waals surface area contributed by atoms with Crippen molar-refractivity contribution in [3.05, 3.63) is 50.3 Å². The first-order valence-corrected chi connectivity index (χ1v) is 6.66. The van der Waals surface area contributed by atoms with Crippen LogP contribution < -0.4 is 11.1 Å². The molecule has 104 valence electrons. The molecule has 0 radical (unpaired) electrons. The number of rotatable bonds is 4. The highest BCUT2D eigenvalue weighted by atomic mass is 32.1. The number of carbonyl (C=O) groups is 1. The molecular weight excluding hydrogens is 280 g/mol. The molecule has 3 N–H and O–H groups in total. The summed E-state index contributed by atoms with van der Waals surface area (Å²) in [6.07, 6.45) is 0.986. The second kappa shape index (κ2) is 5.66. The van der Waals surface area contributed by atoms with Gasteiger partial charge in [0.05, 0.1) is 11.0 Å². The first kappa shape index (κ1) is 13.9. The zero-order valence-corrected chi connectivity index (χ0v) is 11.4. The fraction of sp³-hybridized carbons (Fsp3) is 0.167. The third-order valence-electron chi connectivity index (χ3n) is 2.74. The lowest BCUT2D eigenvalue weighted by Crippen LogP contribution is -2.27. The third kappa shape index (κ3) is 2.91. The maximum Gasteiger partial charge on any atom is 0.300 e. The minimum absolute atomic E-state index is 0.0592. The molecule has 8 heteroatoms. The summed E-state index contributed by atoms with van der Waals surface area (Å²) in [6.45, 7) is 1.80. The molecule has 1 atom stereocenters. The van der Waals surface area contributed by atoms with Crippen LogP contribution in [0.1, 0.15) is 28.9 Å². The standard InChI is InChI=1S/C12H12N4O3S/c1-7(8-2-3-20-6-8)15-12(17)9-4-11(13)14-5-10(9)16(18)19/h2-7H,1H3,(H2,13,14)(H,15,17). The van der Waals surface area contributed by atoms with Crippen molar-refractivity contribution in [2.24, 2.45) is 0 Å². The zero-order valence-electron chi connectivity index (χ0n) is 10.6. The van der Waals surface area contributed by atoms with E-state index in [0.29, 0.717) is 0 Å². The maximum atomic E-state index is 12.1. The van der Waals surface area contributed by atoms with Gasteiger partial charge in [-0.2, -0.15) is 11.3 Å². The Labute approximate surface area is 118 Å². The highest BCUT2D eigenvalue weighted by Gasteiger charge is 2.22. The van der Waals surface area contributed by atoms with E-state index in [9.17, 15) is 14.9 Å². The van der Waals surface area contributed by atoms with E-state index in [1.54, 1.807) is 6.92 Å². The van der Waals surface area contributed by atoms with Crippen molar-refractivity contribution in [3.8, 4) is 0 Å². The number of anilines is 1. The van der Waals surface area contributed by atoms with Crippen LogP contribution in [0.25, 0.3) is 0 Å². The number of pyridine rings is 1. The monoisotopic (exact) mass is 292 g/mol. The van der Waals surface area contributed by atoms with Gasteiger partial charge in [0, 0.05) is 0 Å². The van der Waals surface area contributed by atoms with Gasteiger partial charge in [-0.3, -0.25) is 14.9 Å². The predicted octanol–water partition coefficient (Wildman–Crippen LogP) is 2.12. The molecule has 20 heavy (non-hydrogen) atoms. The van der Waals surface area contributed by atoms with Crippen molar-refractivity contribution < 1.29 is 9.72 Å². The normalized spacial score (nSPS) is 11.8. The van der Waals surface area contributed by atoms with Gasteiger partial charge in [0.15, 0.2) is 0 Å². The summed E-state index contributed by atoms with van der Waals surface area (Å²) in [6, 6.07) is 2.83. The van der Waals surface area contributed by atoms with Gasteiger partial charge in [0.25, 0.3) is 11.6 Å². The Bertz CT molecular complexity index is 642. The molecule has 2 rings (SSSR count). The Balaban J connectivity index is 2.25. The van der Waals surface area contributed by atoms with E-state index in [-0.39, 0.29) is 23.1 Å². The lowest BCUT2D eigenvalue weighted by molar-refractivity contribution is -0.385. The fourth-order valence-electron chi connectivity index (χ4n) is 1.67. The van der Waals surface area contributed by atoms with Gasteiger partial charge in [-0.05, 0) is 35.4 Å². The van der Waals surface area contributed by atoms with Gasteiger partial charge in [-0.1, -0.05) is 0 Å². The number of thiophene rings is 1. The first-order chi connectivity index (χ1) is 9.49. The predicted molar refractivity (Wildman–Crippen MR) is 75.5 cm³/mol. The molecule has 0 fully saturated rings. The summed E-state index contributed by atoms with van der Waals surface area (Å²) in [5.74, 6) is -0.492. The van der Waals surface area contributed by atoms with Gasteiger partial charge in [-0.15, -0.1) is 0 Å². The summed E-state index contributed by atoms with van der Waals surface area (Å²) < 4.78 is 0. The molecule has 0 saturated heterocycles. The molecule has 1 unspecified atom stereocenters. The number of nitro groups is 1. The Morgan fingerprint density at radius 2 is 2.35 bits per heavy atom. The van der Waals surface area contributed by atoms with Gasteiger partial charge in [0.2, 0.25) is 0 Å². The summed E-state index contributed by atoms with van der Waals surface area (Å²) in [7, 11) is 0. The number of carbonyl (C=O) groups excluding carboxylic acids is 1. The van der Waals surface area contributed by atoms with Crippen LogP contribution in [0.15, 0.2) is 29.1 Å². The molecule has 2 aromatic rings. The number of nitrogens with zero attached hydrogens (tertiary/aromatic N) is 2. The fourth-order valence-corrected chi connectivity index (χ4v) is 2.42. The van der Waals surface area contributed by atoms with Crippen molar-refractivity contribution in [1.29, 1.82) is 0 Å². The molecule has 0 aliphatic rings. The molecule has 0 aliphatic heterocycles. The molecule has 0 bridgehead atoms. The molecular formula is C12H12N4O3S. The summed E-state index contributed by atoms with van der Waals surface area (Å²) >= 11 is 1.51. The van der Waals surface area contributed by atoms with Crippen LogP contribution in [-0.4, -0.2) is 15.8 Å². The Morgan fingerprint density at radius 3 is 2.95 bits per heavy atom. The van der Waals surface area contributed by atoms with Crippen LogP contribution >= 0.6 is 11.3 Å². The Hall–Kier alpha value is -2.48. The lowest BCUT2D eigenvalue weighted by Gasteiger charge is -2.12. The minimum atomic E-state index is -0.656. The molecule has 1 amide bonds. The second-order valence-electron chi connectivity index (χ2n) is 4.14. The second-order valence-corrected chi connectivity index (χ2v) is 4.92. The smallest absolute Gasteiger partial charge is 0.300 e. The molecule has 0 aliphatic carbocycles. The average molecular weight is 292 g/mol. The molecule has 0 saturated carbocycles. The topological polar surface area (TPSA) is 111 Å². The highest BCUT2D eigenvalue weighted by Crippen LogP contribution is 2.21. The average Bonchev–Trinajstić information content (AvgIpc) is 2.92. The molecule has 0 spiro atoms.